The number of nitrogens with one attached hydrogen (secondary N) is 1. The van der Waals surface area contributed by atoms with E-state index >= 15 is 0 Å². The standard InChI is InChI=1S/C16H13ClF3NO2/c1-8-5-9(18)3-4-13(8)21-14-7-10(15(19)20)12(17)6-11(14)16(22)23-2/h3-7,15,21H,1-2H3. The number of benzene rings is 2. The number of carbonyl (C=O) groups is 1. The molecule has 0 saturated heterocycles. The van der Waals surface area contributed by atoms with E-state index in [9.17, 15) is 18.0 Å². The van der Waals surface area contributed by atoms with Crippen molar-refractivity contribution in [2.45, 2.75) is 13.3 Å². The maximum absolute atomic E-state index is 13.2. The number of rotatable bonds is 4. The fourth-order valence-electron chi connectivity index (χ4n) is 2.05. The molecule has 0 aliphatic heterocycles. The minimum atomic E-state index is -2.80. The lowest BCUT2D eigenvalue weighted by atomic mass is 10.1. The Labute approximate surface area is 136 Å². The molecule has 0 fully saturated rings. The second-order valence-corrected chi connectivity index (χ2v) is 5.20. The van der Waals surface area contributed by atoms with Crippen molar-refractivity contribution in [3.63, 3.8) is 0 Å². The summed E-state index contributed by atoms with van der Waals surface area (Å²) in [6.07, 6.45) is -2.80. The van der Waals surface area contributed by atoms with Crippen LogP contribution in [0.5, 0.6) is 0 Å². The monoisotopic (exact) mass is 343 g/mol. The zero-order valence-corrected chi connectivity index (χ0v) is 13.0. The van der Waals surface area contributed by atoms with Gasteiger partial charge in [0, 0.05) is 11.3 Å². The molecule has 23 heavy (non-hydrogen) atoms. The summed E-state index contributed by atoms with van der Waals surface area (Å²) >= 11 is 5.79. The molecular formula is C16H13ClF3NO2. The Morgan fingerprint density at radius 3 is 2.48 bits per heavy atom. The van der Waals surface area contributed by atoms with Crippen molar-refractivity contribution in [3.05, 3.63) is 57.9 Å². The number of ether oxygens (including phenoxy) is 1. The van der Waals surface area contributed by atoms with Crippen LogP contribution < -0.4 is 5.32 Å². The third kappa shape index (κ3) is 3.76. The van der Waals surface area contributed by atoms with Gasteiger partial charge in [0.15, 0.2) is 0 Å². The number of anilines is 2. The van der Waals surface area contributed by atoms with Crippen molar-refractivity contribution < 1.29 is 22.7 Å². The lowest BCUT2D eigenvalue weighted by Crippen LogP contribution is -2.07. The molecular weight excluding hydrogens is 331 g/mol. The van der Waals surface area contributed by atoms with Crippen LogP contribution in [0.1, 0.15) is 27.9 Å². The Kier molecular flexibility index (Phi) is 5.15. The lowest BCUT2D eigenvalue weighted by Gasteiger charge is -2.15. The van der Waals surface area contributed by atoms with Crippen LogP contribution in [0.2, 0.25) is 5.02 Å². The number of methoxy groups -OCH3 is 1. The molecule has 7 heteroatoms. The van der Waals surface area contributed by atoms with Gasteiger partial charge in [0.1, 0.15) is 5.82 Å². The number of hydrogen-bond donors (Lipinski definition) is 1. The van der Waals surface area contributed by atoms with Crippen molar-refractivity contribution >= 4 is 28.9 Å². The Balaban J connectivity index is 2.53. The van der Waals surface area contributed by atoms with Crippen LogP contribution in [0.3, 0.4) is 0 Å². The first-order valence-electron chi connectivity index (χ1n) is 6.56. The lowest BCUT2D eigenvalue weighted by molar-refractivity contribution is 0.0601. The molecule has 2 rings (SSSR count). The van der Waals surface area contributed by atoms with Gasteiger partial charge in [0.25, 0.3) is 6.43 Å². The first-order valence-corrected chi connectivity index (χ1v) is 6.94. The molecule has 0 bridgehead atoms. The molecule has 3 nitrogen and oxygen atoms in total. The maximum Gasteiger partial charge on any atom is 0.340 e. The molecule has 0 atom stereocenters. The van der Waals surface area contributed by atoms with E-state index in [1.54, 1.807) is 6.92 Å². The molecule has 0 spiro atoms. The summed E-state index contributed by atoms with van der Waals surface area (Å²) in [6, 6.07) is 6.15. The highest BCUT2D eigenvalue weighted by atomic mass is 35.5. The first-order chi connectivity index (χ1) is 10.8. The van der Waals surface area contributed by atoms with Crippen LogP contribution in [0.15, 0.2) is 30.3 Å². The number of hydrogen-bond acceptors (Lipinski definition) is 3. The van der Waals surface area contributed by atoms with E-state index in [0.717, 1.165) is 12.1 Å². The predicted octanol–water partition coefficient (Wildman–Crippen LogP) is 5.26. The van der Waals surface area contributed by atoms with Gasteiger partial charge < -0.3 is 10.1 Å². The molecule has 0 unspecified atom stereocenters. The molecule has 0 radical (unpaired) electrons. The van der Waals surface area contributed by atoms with E-state index in [1.807, 2.05) is 0 Å². The van der Waals surface area contributed by atoms with Gasteiger partial charge in [0.2, 0.25) is 0 Å². The Bertz CT molecular complexity index is 750. The average molecular weight is 344 g/mol. The molecule has 2 aromatic carbocycles. The van der Waals surface area contributed by atoms with Crippen molar-refractivity contribution in [2.24, 2.45) is 0 Å². The summed E-state index contributed by atoms with van der Waals surface area (Å²) < 4.78 is 43.8. The van der Waals surface area contributed by atoms with Gasteiger partial charge in [-0.3, -0.25) is 0 Å². The normalized spacial score (nSPS) is 10.7. The zero-order valence-electron chi connectivity index (χ0n) is 12.3. The number of aryl methyl sites for hydroxylation is 1. The highest BCUT2D eigenvalue weighted by Gasteiger charge is 2.20. The van der Waals surface area contributed by atoms with Gasteiger partial charge in [-0.25, -0.2) is 18.0 Å². The van der Waals surface area contributed by atoms with Crippen LogP contribution in [0.25, 0.3) is 0 Å². The Hall–Kier alpha value is -2.21. The van der Waals surface area contributed by atoms with Crippen LogP contribution in [-0.2, 0) is 4.74 Å². The second kappa shape index (κ2) is 6.91. The van der Waals surface area contributed by atoms with Crippen molar-refractivity contribution in [3.8, 4) is 0 Å². The second-order valence-electron chi connectivity index (χ2n) is 4.80. The van der Waals surface area contributed by atoms with E-state index in [1.165, 1.54) is 25.3 Å². The van der Waals surface area contributed by atoms with Crippen LogP contribution in [0, 0.1) is 12.7 Å². The fraction of sp³-hybridized carbons (Fsp3) is 0.188. The van der Waals surface area contributed by atoms with E-state index in [2.05, 4.69) is 10.1 Å². The third-order valence-corrected chi connectivity index (χ3v) is 3.56. The summed E-state index contributed by atoms with van der Waals surface area (Å²) in [5.41, 5.74) is 0.715. The zero-order chi connectivity index (χ0) is 17.1. The van der Waals surface area contributed by atoms with E-state index in [0.29, 0.717) is 11.3 Å². The first kappa shape index (κ1) is 17.1. The molecule has 1 N–H and O–H groups in total. The molecule has 0 saturated carbocycles. The largest absolute Gasteiger partial charge is 0.465 e. The Morgan fingerprint density at radius 2 is 1.91 bits per heavy atom. The summed E-state index contributed by atoms with van der Waals surface area (Å²) in [5.74, 6) is -1.15. The minimum Gasteiger partial charge on any atom is -0.465 e. The van der Waals surface area contributed by atoms with Gasteiger partial charge in [0.05, 0.1) is 23.4 Å². The van der Waals surface area contributed by atoms with Crippen molar-refractivity contribution in [1.82, 2.24) is 0 Å². The van der Waals surface area contributed by atoms with Crippen molar-refractivity contribution in [1.29, 1.82) is 0 Å². The molecule has 0 heterocycles. The minimum absolute atomic E-state index is 0.00521. The summed E-state index contributed by atoms with van der Waals surface area (Å²) in [6.45, 7) is 1.65. The Morgan fingerprint density at radius 1 is 1.22 bits per heavy atom. The summed E-state index contributed by atoms with van der Waals surface area (Å²) in [4.78, 5) is 11.8. The molecule has 0 amide bonds. The van der Waals surface area contributed by atoms with Gasteiger partial charge in [-0.15, -0.1) is 0 Å². The smallest absolute Gasteiger partial charge is 0.340 e. The third-order valence-electron chi connectivity index (χ3n) is 3.24. The number of carbonyl (C=O) groups excluding carboxylic acids is 1. The number of halogens is 4. The number of alkyl halides is 2. The van der Waals surface area contributed by atoms with Gasteiger partial charge in [-0.1, -0.05) is 11.6 Å². The molecule has 122 valence electrons. The number of esters is 1. The topological polar surface area (TPSA) is 38.3 Å². The quantitative estimate of drug-likeness (QED) is 0.770. The molecule has 0 aromatic heterocycles. The average Bonchev–Trinajstić information content (AvgIpc) is 2.50. The highest BCUT2D eigenvalue weighted by molar-refractivity contribution is 6.32. The highest BCUT2D eigenvalue weighted by Crippen LogP contribution is 2.34. The van der Waals surface area contributed by atoms with Gasteiger partial charge in [-0.2, -0.15) is 0 Å². The van der Waals surface area contributed by atoms with E-state index in [4.69, 9.17) is 11.6 Å². The predicted molar refractivity (Wildman–Crippen MR) is 82.2 cm³/mol. The SMILES string of the molecule is COC(=O)c1cc(Cl)c(C(F)F)cc1Nc1ccc(F)cc1C. The molecule has 0 aliphatic carbocycles. The van der Waals surface area contributed by atoms with E-state index in [-0.39, 0.29) is 16.3 Å². The van der Waals surface area contributed by atoms with E-state index < -0.39 is 23.8 Å². The van der Waals surface area contributed by atoms with Crippen molar-refractivity contribution in [2.75, 3.05) is 12.4 Å². The molecule has 2 aromatic rings. The molecule has 0 aliphatic rings. The van der Waals surface area contributed by atoms with Crippen LogP contribution in [0.4, 0.5) is 24.5 Å². The summed E-state index contributed by atoms with van der Waals surface area (Å²) in [7, 11) is 1.17. The summed E-state index contributed by atoms with van der Waals surface area (Å²) in [5, 5.41) is 2.61. The van der Waals surface area contributed by atoms with Gasteiger partial charge >= 0.3 is 5.97 Å². The maximum atomic E-state index is 13.2. The van der Waals surface area contributed by atoms with Crippen LogP contribution in [-0.4, -0.2) is 13.1 Å². The fourth-order valence-corrected chi connectivity index (χ4v) is 2.30. The van der Waals surface area contributed by atoms with Crippen LogP contribution >= 0.6 is 11.6 Å². The van der Waals surface area contributed by atoms with Gasteiger partial charge in [-0.05, 0) is 42.8 Å².